The topological polar surface area (TPSA) is 65.1 Å². The Bertz CT molecular complexity index is 373. The Morgan fingerprint density at radius 3 is 3.11 bits per heavy atom. The molecular formula is C14H26N4O. The zero-order chi connectivity index (χ0) is 13.7. The zero-order valence-corrected chi connectivity index (χ0v) is 12.0. The average molecular weight is 266 g/mol. The number of hydrazine groups is 1. The van der Waals surface area contributed by atoms with Crippen LogP contribution in [0.4, 0.5) is 0 Å². The number of ether oxygens (including phenoxy) is 1. The van der Waals surface area contributed by atoms with Gasteiger partial charge in [-0.25, -0.2) is 0 Å². The third kappa shape index (κ3) is 3.78. The highest BCUT2D eigenvalue weighted by atomic mass is 16.5. The molecule has 1 aromatic heterocycles. The highest BCUT2D eigenvalue weighted by molar-refractivity contribution is 5.03. The minimum Gasteiger partial charge on any atom is -0.381 e. The van der Waals surface area contributed by atoms with E-state index in [2.05, 4.69) is 36.6 Å². The van der Waals surface area contributed by atoms with E-state index in [1.807, 2.05) is 4.68 Å². The summed E-state index contributed by atoms with van der Waals surface area (Å²) in [6.45, 7) is 6.05. The lowest BCUT2D eigenvalue weighted by Crippen LogP contribution is -2.45. The van der Waals surface area contributed by atoms with Crippen LogP contribution in [0.25, 0.3) is 0 Å². The van der Waals surface area contributed by atoms with Crippen LogP contribution < -0.4 is 11.3 Å². The van der Waals surface area contributed by atoms with Crippen molar-refractivity contribution in [3.05, 3.63) is 18.0 Å². The fraction of sp³-hybridized carbons (Fsp3) is 0.786. The van der Waals surface area contributed by atoms with E-state index >= 15 is 0 Å². The molecule has 2 heterocycles. The van der Waals surface area contributed by atoms with Gasteiger partial charge in [-0.15, -0.1) is 0 Å². The van der Waals surface area contributed by atoms with Crippen molar-refractivity contribution in [2.75, 3.05) is 13.2 Å². The molecule has 0 bridgehead atoms. The first-order valence-electron chi connectivity index (χ1n) is 7.32. The van der Waals surface area contributed by atoms with Crippen LogP contribution in [0, 0.1) is 5.92 Å². The molecule has 1 aromatic rings. The van der Waals surface area contributed by atoms with Crippen molar-refractivity contribution in [1.29, 1.82) is 0 Å². The highest BCUT2D eigenvalue weighted by Gasteiger charge is 2.24. The van der Waals surface area contributed by atoms with Crippen molar-refractivity contribution in [2.45, 2.75) is 51.6 Å². The summed E-state index contributed by atoms with van der Waals surface area (Å²) < 4.78 is 7.58. The van der Waals surface area contributed by atoms with Gasteiger partial charge in [0.25, 0.3) is 0 Å². The van der Waals surface area contributed by atoms with Crippen LogP contribution in [0.1, 0.15) is 44.8 Å². The number of nitrogens with two attached hydrogens (primary N) is 1. The Morgan fingerprint density at radius 2 is 2.47 bits per heavy atom. The van der Waals surface area contributed by atoms with E-state index in [1.165, 1.54) is 6.42 Å². The monoisotopic (exact) mass is 266 g/mol. The van der Waals surface area contributed by atoms with E-state index < -0.39 is 0 Å². The predicted molar refractivity (Wildman–Crippen MR) is 75.6 cm³/mol. The number of rotatable bonds is 6. The smallest absolute Gasteiger partial charge is 0.0640 e. The first-order chi connectivity index (χ1) is 9.24. The van der Waals surface area contributed by atoms with Gasteiger partial charge in [-0.1, -0.05) is 6.92 Å². The van der Waals surface area contributed by atoms with Crippen LogP contribution in [0.5, 0.6) is 0 Å². The van der Waals surface area contributed by atoms with Gasteiger partial charge in [0.15, 0.2) is 0 Å². The molecular weight excluding hydrogens is 240 g/mol. The van der Waals surface area contributed by atoms with E-state index in [0.29, 0.717) is 12.0 Å². The SMILES string of the molecule is CCC(C)n1ccc(CC(NN)C2CCCOC2)n1. The van der Waals surface area contributed by atoms with Crippen molar-refractivity contribution in [3.8, 4) is 0 Å². The maximum Gasteiger partial charge on any atom is 0.0640 e. The molecule has 0 saturated carbocycles. The maximum absolute atomic E-state index is 5.70. The van der Waals surface area contributed by atoms with Crippen LogP contribution in [-0.4, -0.2) is 29.0 Å². The Balaban J connectivity index is 1.95. The molecule has 0 spiro atoms. The van der Waals surface area contributed by atoms with Crippen LogP contribution in [0.3, 0.4) is 0 Å². The van der Waals surface area contributed by atoms with E-state index in [9.17, 15) is 0 Å². The quantitative estimate of drug-likeness (QED) is 0.607. The average Bonchev–Trinajstić information content (AvgIpc) is 2.93. The Kier molecular flexibility index (Phi) is 5.36. The first kappa shape index (κ1) is 14.5. The molecule has 2 rings (SSSR count). The van der Waals surface area contributed by atoms with Crippen LogP contribution >= 0.6 is 0 Å². The lowest BCUT2D eigenvalue weighted by molar-refractivity contribution is 0.0391. The minimum atomic E-state index is 0.251. The number of nitrogens with zero attached hydrogens (tertiary/aromatic N) is 2. The van der Waals surface area contributed by atoms with E-state index in [0.717, 1.165) is 38.2 Å². The predicted octanol–water partition coefficient (Wildman–Crippen LogP) is 1.66. The molecule has 19 heavy (non-hydrogen) atoms. The van der Waals surface area contributed by atoms with Crippen molar-refractivity contribution >= 4 is 0 Å². The van der Waals surface area contributed by atoms with Gasteiger partial charge in [-0.3, -0.25) is 16.0 Å². The molecule has 3 unspecified atom stereocenters. The second-order valence-electron chi connectivity index (χ2n) is 5.50. The summed E-state index contributed by atoms with van der Waals surface area (Å²) >= 11 is 0. The van der Waals surface area contributed by atoms with E-state index in [4.69, 9.17) is 10.6 Å². The van der Waals surface area contributed by atoms with Crippen molar-refractivity contribution in [1.82, 2.24) is 15.2 Å². The van der Waals surface area contributed by atoms with Gasteiger partial charge in [-0.2, -0.15) is 5.10 Å². The largest absolute Gasteiger partial charge is 0.381 e. The van der Waals surface area contributed by atoms with Crippen LogP contribution in [-0.2, 0) is 11.2 Å². The third-order valence-electron chi connectivity index (χ3n) is 4.11. The van der Waals surface area contributed by atoms with Gasteiger partial charge in [0.05, 0.1) is 12.3 Å². The maximum atomic E-state index is 5.70. The molecule has 108 valence electrons. The summed E-state index contributed by atoms with van der Waals surface area (Å²) in [7, 11) is 0. The van der Waals surface area contributed by atoms with E-state index in [1.54, 1.807) is 0 Å². The molecule has 0 radical (unpaired) electrons. The number of hydrogen-bond acceptors (Lipinski definition) is 4. The summed E-state index contributed by atoms with van der Waals surface area (Å²) in [4.78, 5) is 0. The standard InChI is InChI=1S/C14H26N4O/c1-3-11(2)18-7-6-13(17-18)9-14(16-15)12-5-4-8-19-10-12/h6-7,11-12,14,16H,3-5,8-10,15H2,1-2H3. The van der Waals surface area contributed by atoms with Gasteiger partial charge in [-0.05, 0) is 38.2 Å². The van der Waals surface area contributed by atoms with Gasteiger partial charge < -0.3 is 4.74 Å². The normalized spacial score (nSPS) is 23.2. The fourth-order valence-electron chi connectivity index (χ4n) is 2.59. The molecule has 1 aliphatic heterocycles. The number of aromatic nitrogens is 2. The molecule has 1 fully saturated rings. The molecule has 3 atom stereocenters. The van der Waals surface area contributed by atoms with Gasteiger partial charge in [0.1, 0.15) is 0 Å². The lowest BCUT2D eigenvalue weighted by Gasteiger charge is -2.29. The Labute approximate surface area is 115 Å². The summed E-state index contributed by atoms with van der Waals surface area (Å²) in [6, 6.07) is 2.80. The Morgan fingerprint density at radius 1 is 1.63 bits per heavy atom. The summed E-state index contributed by atoms with van der Waals surface area (Å²) in [5.74, 6) is 6.20. The van der Waals surface area contributed by atoms with Crippen LogP contribution in [0.15, 0.2) is 12.3 Å². The molecule has 5 nitrogen and oxygen atoms in total. The number of hydrogen-bond donors (Lipinski definition) is 2. The molecule has 0 aliphatic carbocycles. The van der Waals surface area contributed by atoms with Crippen molar-refractivity contribution in [2.24, 2.45) is 11.8 Å². The van der Waals surface area contributed by atoms with Gasteiger partial charge in [0, 0.05) is 31.3 Å². The minimum absolute atomic E-state index is 0.251. The zero-order valence-electron chi connectivity index (χ0n) is 12.0. The molecule has 5 heteroatoms. The molecule has 0 amide bonds. The van der Waals surface area contributed by atoms with Crippen molar-refractivity contribution in [3.63, 3.8) is 0 Å². The fourth-order valence-corrected chi connectivity index (χ4v) is 2.59. The molecule has 0 aromatic carbocycles. The second-order valence-corrected chi connectivity index (χ2v) is 5.50. The summed E-state index contributed by atoms with van der Waals surface area (Å²) in [5.41, 5.74) is 4.05. The van der Waals surface area contributed by atoms with Gasteiger partial charge >= 0.3 is 0 Å². The molecule has 1 saturated heterocycles. The van der Waals surface area contributed by atoms with Crippen molar-refractivity contribution < 1.29 is 4.74 Å². The second kappa shape index (κ2) is 7.03. The van der Waals surface area contributed by atoms with Gasteiger partial charge in [0.2, 0.25) is 0 Å². The van der Waals surface area contributed by atoms with Crippen LogP contribution in [0.2, 0.25) is 0 Å². The highest BCUT2D eigenvalue weighted by Crippen LogP contribution is 2.20. The number of nitrogens with one attached hydrogen (secondary N) is 1. The first-order valence-corrected chi connectivity index (χ1v) is 7.32. The summed E-state index contributed by atoms with van der Waals surface area (Å²) in [5, 5.41) is 4.64. The molecule has 1 aliphatic rings. The lowest BCUT2D eigenvalue weighted by atomic mass is 9.91. The third-order valence-corrected chi connectivity index (χ3v) is 4.11. The van der Waals surface area contributed by atoms with E-state index in [-0.39, 0.29) is 6.04 Å². The Hall–Kier alpha value is -0.910. The summed E-state index contributed by atoms with van der Waals surface area (Å²) in [6.07, 6.45) is 6.34. The molecule has 3 N–H and O–H groups in total.